The first-order chi connectivity index (χ1) is 16.2. The van der Waals surface area contributed by atoms with E-state index in [2.05, 4.69) is 15.2 Å². The number of para-hydroxylation sites is 2. The zero-order valence-corrected chi connectivity index (χ0v) is 19.0. The van der Waals surface area contributed by atoms with Gasteiger partial charge in [-0.15, -0.1) is 0 Å². The first kappa shape index (κ1) is 22.8. The van der Waals surface area contributed by atoms with Crippen LogP contribution in [0, 0.1) is 5.92 Å². The van der Waals surface area contributed by atoms with Crippen molar-refractivity contribution in [1.29, 1.82) is 0 Å². The zero-order valence-electron chi connectivity index (χ0n) is 19.0. The molecule has 3 aromatic rings. The normalized spacial score (nSPS) is 15.5. The van der Waals surface area contributed by atoms with E-state index in [9.17, 15) is 4.79 Å². The lowest BCUT2D eigenvalue weighted by atomic mass is 9.94. The van der Waals surface area contributed by atoms with Gasteiger partial charge in [-0.2, -0.15) is 0 Å². The zero-order chi connectivity index (χ0) is 22.9. The summed E-state index contributed by atoms with van der Waals surface area (Å²) in [4.78, 5) is 20.1. The highest BCUT2D eigenvalue weighted by atomic mass is 16.5. The van der Waals surface area contributed by atoms with Crippen LogP contribution in [0.3, 0.4) is 0 Å². The maximum atomic E-state index is 13.2. The topological polar surface area (TPSA) is 63.7 Å². The molecule has 0 spiro atoms. The molecular formula is C27H31N3O3. The number of hydrogen-bond donors (Lipinski definition) is 1. The fourth-order valence-electron chi connectivity index (χ4n) is 4.25. The highest BCUT2D eigenvalue weighted by molar-refractivity contribution is 5.79. The second-order valence-corrected chi connectivity index (χ2v) is 8.22. The van der Waals surface area contributed by atoms with Gasteiger partial charge in [0.25, 0.3) is 0 Å². The van der Waals surface area contributed by atoms with Gasteiger partial charge < -0.3 is 14.8 Å². The van der Waals surface area contributed by atoms with Crippen LogP contribution in [0.5, 0.6) is 11.5 Å². The molecule has 0 unspecified atom stereocenters. The summed E-state index contributed by atoms with van der Waals surface area (Å²) in [5.41, 5.74) is 1.70. The molecule has 1 N–H and O–H groups in total. The predicted molar refractivity (Wildman–Crippen MR) is 128 cm³/mol. The van der Waals surface area contributed by atoms with E-state index in [-0.39, 0.29) is 17.9 Å². The lowest BCUT2D eigenvalue weighted by Gasteiger charge is -2.32. The largest absolute Gasteiger partial charge is 0.496 e. The van der Waals surface area contributed by atoms with Gasteiger partial charge in [0.15, 0.2) is 0 Å². The van der Waals surface area contributed by atoms with Crippen LogP contribution in [-0.4, -0.2) is 49.1 Å². The number of nitrogens with zero attached hydrogens (tertiary/aromatic N) is 2. The number of carbonyl (C=O) groups is 1. The summed E-state index contributed by atoms with van der Waals surface area (Å²) in [6.45, 7) is 3.29. The first-order valence-electron chi connectivity index (χ1n) is 11.5. The second kappa shape index (κ2) is 11.5. The maximum absolute atomic E-state index is 13.2. The van der Waals surface area contributed by atoms with Crippen molar-refractivity contribution in [2.24, 2.45) is 5.92 Å². The van der Waals surface area contributed by atoms with Crippen LogP contribution in [0.15, 0.2) is 79.0 Å². The van der Waals surface area contributed by atoms with Crippen molar-refractivity contribution in [3.8, 4) is 11.5 Å². The molecule has 0 aliphatic carbocycles. The first-order valence-corrected chi connectivity index (χ1v) is 11.5. The van der Waals surface area contributed by atoms with Crippen LogP contribution < -0.4 is 14.8 Å². The van der Waals surface area contributed by atoms with E-state index in [1.807, 2.05) is 72.8 Å². The van der Waals surface area contributed by atoms with E-state index < -0.39 is 0 Å². The Morgan fingerprint density at radius 3 is 2.48 bits per heavy atom. The number of likely N-dealkylation sites (tertiary alicyclic amines) is 1. The van der Waals surface area contributed by atoms with Crippen molar-refractivity contribution in [1.82, 2.24) is 15.2 Å². The van der Waals surface area contributed by atoms with E-state index >= 15 is 0 Å². The average Bonchev–Trinajstić information content (AvgIpc) is 2.88. The van der Waals surface area contributed by atoms with E-state index in [1.54, 1.807) is 13.3 Å². The third-order valence-corrected chi connectivity index (χ3v) is 6.10. The number of nitrogens with one attached hydrogen (secondary N) is 1. The SMILES string of the molecule is COc1ccccc1[C@H](NC(=O)C1CCN(CCOc2ccccc2)CC1)c1ccccn1. The van der Waals surface area contributed by atoms with Gasteiger partial charge in [0.2, 0.25) is 5.91 Å². The van der Waals surface area contributed by atoms with Gasteiger partial charge in [-0.3, -0.25) is 14.7 Å². The van der Waals surface area contributed by atoms with E-state index in [1.165, 1.54) is 0 Å². The quantitative estimate of drug-likeness (QED) is 0.538. The van der Waals surface area contributed by atoms with Crippen molar-refractivity contribution in [2.75, 3.05) is 33.4 Å². The molecule has 33 heavy (non-hydrogen) atoms. The van der Waals surface area contributed by atoms with Crippen LogP contribution in [-0.2, 0) is 4.79 Å². The van der Waals surface area contributed by atoms with Gasteiger partial charge >= 0.3 is 0 Å². The molecule has 1 fully saturated rings. The van der Waals surface area contributed by atoms with Gasteiger partial charge in [-0.25, -0.2) is 0 Å². The lowest BCUT2D eigenvalue weighted by Crippen LogP contribution is -2.43. The van der Waals surface area contributed by atoms with E-state index in [0.29, 0.717) is 6.61 Å². The molecule has 1 aliphatic rings. The number of aromatic nitrogens is 1. The number of methoxy groups -OCH3 is 1. The van der Waals surface area contributed by atoms with Crippen molar-refractivity contribution < 1.29 is 14.3 Å². The van der Waals surface area contributed by atoms with Crippen molar-refractivity contribution in [3.05, 3.63) is 90.3 Å². The molecule has 172 valence electrons. The maximum Gasteiger partial charge on any atom is 0.224 e. The molecule has 1 saturated heterocycles. The Bertz CT molecular complexity index is 1010. The predicted octanol–water partition coefficient (Wildman–Crippen LogP) is 4.09. The Hall–Kier alpha value is -3.38. The Morgan fingerprint density at radius 1 is 1.03 bits per heavy atom. The molecule has 6 heteroatoms. The molecule has 6 nitrogen and oxygen atoms in total. The third-order valence-electron chi connectivity index (χ3n) is 6.10. The molecule has 2 aromatic carbocycles. The highest BCUT2D eigenvalue weighted by Gasteiger charge is 2.28. The Balaban J connectivity index is 1.34. The summed E-state index contributed by atoms with van der Waals surface area (Å²) >= 11 is 0. The van der Waals surface area contributed by atoms with Gasteiger partial charge in [-0.05, 0) is 56.3 Å². The number of amides is 1. The molecule has 1 atom stereocenters. The van der Waals surface area contributed by atoms with Gasteiger partial charge in [0, 0.05) is 24.2 Å². The smallest absolute Gasteiger partial charge is 0.224 e. The number of pyridine rings is 1. The Kier molecular flexibility index (Phi) is 7.93. The summed E-state index contributed by atoms with van der Waals surface area (Å²) in [6.07, 6.45) is 3.41. The van der Waals surface area contributed by atoms with Crippen LogP contribution >= 0.6 is 0 Å². The molecule has 1 aromatic heterocycles. The monoisotopic (exact) mass is 445 g/mol. The van der Waals surface area contributed by atoms with Gasteiger partial charge in [-0.1, -0.05) is 42.5 Å². The van der Waals surface area contributed by atoms with Crippen LogP contribution in [0.1, 0.15) is 30.1 Å². The number of hydrogen-bond acceptors (Lipinski definition) is 5. The van der Waals surface area contributed by atoms with Crippen molar-refractivity contribution in [3.63, 3.8) is 0 Å². The average molecular weight is 446 g/mol. The second-order valence-electron chi connectivity index (χ2n) is 8.22. The summed E-state index contributed by atoms with van der Waals surface area (Å²) in [6, 6.07) is 23.0. The van der Waals surface area contributed by atoms with Gasteiger partial charge in [0.1, 0.15) is 18.1 Å². The minimum atomic E-state index is -0.354. The molecule has 0 saturated carbocycles. The van der Waals surface area contributed by atoms with Gasteiger partial charge in [0.05, 0.1) is 18.8 Å². The molecule has 1 amide bonds. The Morgan fingerprint density at radius 2 is 1.76 bits per heavy atom. The number of piperidine rings is 1. The Labute approximate surface area is 195 Å². The van der Waals surface area contributed by atoms with Crippen LogP contribution in [0.2, 0.25) is 0 Å². The number of ether oxygens (including phenoxy) is 2. The molecule has 1 aliphatic heterocycles. The third kappa shape index (κ3) is 6.11. The lowest BCUT2D eigenvalue weighted by molar-refractivity contribution is -0.127. The van der Waals surface area contributed by atoms with Crippen molar-refractivity contribution >= 4 is 5.91 Å². The molecule has 2 heterocycles. The van der Waals surface area contributed by atoms with Crippen LogP contribution in [0.25, 0.3) is 0 Å². The highest BCUT2D eigenvalue weighted by Crippen LogP contribution is 2.30. The van der Waals surface area contributed by atoms with E-state index in [4.69, 9.17) is 9.47 Å². The molecular weight excluding hydrogens is 414 g/mol. The van der Waals surface area contributed by atoms with E-state index in [0.717, 1.165) is 55.2 Å². The number of benzene rings is 2. The summed E-state index contributed by atoms with van der Waals surface area (Å²) in [5.74, 6) is 1.68. The summed E-state index contributed by atoms with van der Waals surface area (Å²) in [5, 5.41) is 3.25. The minimum Gasteiger partial charge on any atom is -0.496 e. The number of carbonyl (C=O) groups excluding carboxylic acids is 1. The molecule has 4 rings (SSSR count). The van der Waals surface area contributed by atoms with Crippen LogP contribution in [0.4, 0.5) is 0 Å². The molecule has 0 radical (unpaired) electrons. The summed E-state index contributed by atoms with van der Waals surface area (Å²) in [7, 11) is 1.65. The molecule has 0 bridgehead atoms. The fraction of sp³-hybridized carbons (Fsp3) is 0.333. The summed E-state index contributed by atoms with van der Waals surface area (Å²) < 4.78 is 11.4. The number of rotatable bonds is 9. The standard InChI is InChI=1S/C27H31N3O3/c1-32-25-13-6-5-11-23(25)26(24-12-7-8-16-28-24)29-27(31)21-14-17-30(18-15-21)19-20-33-22-9-3-2-4-10-22/h2-13,16,21,26H,14-15,17-20H2,1H3,(H,29,31)/t26-/m0/s1. The minimum absolute atomic E-state index is 0.0165. The fourth-order valence-corrected chi connectivity index (χ4v) is 4.25. The van der Waals surface area contributed by atoms with Crippen molar-refractivity contribution in [2.45, 2.75) is 18.9 Å².